The van der Waals surface area contributed by atoms with Gasteiger partial charge in [-0.2, -0.15) is 5.10 Å². The van der Waals surface area contributed by atoms with Gasteiger partial charge in [0.1, 0.15) is 12.9 Å². The minimum absolute atomic E-state index is 0.355. The first-order chi connectivity index (χ1) is 9.78. The van der Waals surface area contributed by atoms with Gasteiger partial charge in [0.05, 0.1) is 6.61 Å². The number of nitrogens with zero attached hydrogens (tertiary/aromatic N) is 3. The number of aryl methyl sites for hydroxylation is 1. The number of benzene rings is 1. The van der Waals surface area contributed by atoms with Crippen LogP contribution in [0.5, 0.6) is 11.5 Å². The Morgan fingerprint density at radius 1 is 1.20 bits per heavy atom. The maximum absolute atomic E-state index is 5.83. The molecule has 1 heterocycles. The predicted octanol–water partition coefficient (Wildman–Crippen LogP) is 3.01. The van der Waals surface area contributed by atoms with Crippen LogP contribution in [0.15, 0.2) is 24.5 Å². The van der Waals surface area contributed by atoms with Gasteiger partial charge in [-0.3, -0.25) is 0 Å². The lowest BCUT2D eigenvalue weighted by Crippen LogP contribution is -2.08. The molecule has 0 radical (unpaired) electrons. The van der Waals surface area contributed by atoms with E-state index in [0.29, 0.717) is 30.6 Å². The molecule has 0 bridgehead atoms. The van der Waals surface area contributed by atoms with Crippen LogP contribution in [0.4, 0.5) is 0 Å². The van der Waals surface area contributed by atoms with Gasteiger partial charge in [-0.25, -0.2) is 9.67 Å². The largest absolute Gasteiger partial charge is 0.490 e. The van der Waals surface area contributed by atoms with Crippen molar-refractivity contribution < 1.29 is 9.47 Å². The van der Waals surface area contributed by atoms with Crippen molar-refractivity contribution in [2.24, 2.45) is 0 Å². The van der Waals surface area contributed by atoms with Gasteiger partial charge in [0, 0.05) is 12.4 Å². The molecule has 20 heavy (non-hydrogen) atoms. The van der Waals surface area contributed by atoms with Crippen LogP contribution in [0.2, 0.25) is 0 Å². The van der Waals surface area contributed by atoms with E-state index in [-0.39, 0.29) is 0 Å². The van der Waals surface area contributed by atoms with Crippen LogP contribution in [0, 0.1) is 0 Å². The third-order valence-electron chi connectivity index (χ3n) is 2.81. The first-order valence-corrected chi connectivity index (χ1v) is 7.13. The number of hydrogen-bond acceptors (Lipinski definition) is 4. The summed E-state index contributed by atoms with van der Waals surface area (Å²) >= 11 is 5.83. The fourth-order valence-electron chi connectivity index (χ4n) is 1.83. The van der Waals surface area contributed by atoms with E-state index in [1.807, 2.05) is 32.0 Å². The standard InChI is InChI=1S/C14H18ClN3O2/c1-3-18-14(16-10-17-18)9-20-12-6-5-11(8-15)7-13(12)19-4-2/h5-7,10H,3-4,8-9H2,1-2H3. The molecule has 0 saturated heterocycles. The summed E-state index contributed by atoms with van der Waals surface area (Å²) in [7, 11) is 0. The molecule has 1 aromatic carbocycles. The Bertz CT molecular complexity index is 557. The van der Waals surface area contributed by atoms with Crippen molar-refractivity contribution in [1.82, 2.24) is 14.8 Å². The van der Waals surface area contributed by atoms with Gasteiger partial charge in [-0.1, -0.05) is 6.07 Å². The van der Waals surface area contributed by atoms with Gasteiger partial charge >= 0.3 is 0 Å². The van der Waals surface area contributed by atoms with Crippen molar-refractivity contribution in [3.63, 3.8) is 0 Å². The van der Waals surface area contributed by atoms with Crippen molar-refractivity contribution in [2.45, 2.75) is 32.9 Å². The molecule has 0 saturated carbocycles. The number of halogens is 1. The maximum atomic E-state index is 5.83. The number of aromatic nitrogens is 3. The molecule has 5 nitrogen and oxygen atoms in total. The van der Waals surface area contributed by atoms with Crippen LogP contribution in [0.1, 0.15) is 25.2 Å². The topological polar surface area (TPSA) is 49.2 Å². The first-order valence-electron chi connectivity index (χ1n) is 6.59. The smallest absolute Gasteiger partial charge is 0.164 e. The third-order valence-corrected chi connectivity index (χ3v) is 3.12. The molecule has 6 heteroatoms. The Morgan fingerprint density at radius 3 is 2.75 bits per heavy atom. The molecule has 2 rings (SSSR count). The highest BCUT2D eigenvalue weighted by atomic mass is 35.5. The summed E-state index contributed by atoms with van der Waals surface area (Å²) in [5.41, 5.74) is 0.999. The van der Waals surface area contributed by atoms with E-state index in [4.69, 9.17) is 21.1 Å². The number of hydrogen-bond donors (Lipinski definition) is 0. The molecular formula is C14H18ClN3O2. The molecular weight excluding hydrogens is 278 g/mol. The van der Waals surface area contributed by atoms with Crippen LogP contribution in [0.25, 0.3) is 0 Å². The number of rotatable bonds is 7. The summed E-state index contributed by atoms with van der Waals surface area (Å²) in [5, 5.41) is 4.11. The summed E-state index contributed by atoms with van der Waals surface area (Å²) in [6.07, 6.45) is 1.53. The van der Waals surface area contributed by atoms with Gasteiger partial charge in [-0.15, -0.1) is 11.6 Å². The first kappa shape index (κ1) is 14.7. The van der Waals surface area contributed by atoms with Crippen LogP contribution < -0.4 is 9.47 Å². The molecule has 0 N–H and O–H groups in total. The summed E-state index contributed by atoms with van der Waals surface area (Å²) in [5.74, 6) is 2.63. The molecule has 0 unspecified atom stereocenters. The van der Waals surface area contributed by atoms with E-state index in [1.54, 1.807) is 4.68 Å². The SMILES string of the molecule is CCOc1cc(CCl)ccc1OCc1ncnn1CC. The quantitative estimate of drug-likeness (QED) is 0.737. The lowest BCUT2D eigenvalue weighted by molar-refractivity contribution is 0.258. The zero-order chi connectivity index (χ0) is 14.4. The summed E-state index contributed by atoms with van der Waals surface area (Å²) in [4.78, 5) is 4.18. The molecule has 0 amide bonds. The second kappa shape index (κ2) is 7.14. The lowest BCUT2D eigenvalue weighted by atomic mass is 10.2. The second-order valence-electron chi connectivity index (χ2n) is 4.13. The van der Waals surface area contributed by atoms with Crippen LogP contribution in [-0.4, -0.2) is 21.4 Å². The predicted molar refractivity (Wildman–Crippen MR) is 77.2 cm³/mol. The Labute approximate surface area is 123 Å². The Morgan fingerprint density at radius 2 is 2.05 bits per heavy atom. The van der Waals surface area contributed by atoms with Crippen molar-refractivity contribution in [1.29, 1.82) is 0 Å². The molecule has 1 aromatic heterocycles. The monoisotopic (exact) mass is 295 g/mol. The maximum Gasteiger partial charge on any atom is 0.164 e. The van der Waals surface area contributed by atoms with Gasteiger partial charge in [0.2, 0.25) is 0 Å². The van der Waals surface area contributed by atoms with E-state index >= 15 is 0 Å². The van der Waals surface area contributed by atoms with E-state index < -0.39 is 0 Å². The summed E-state index contributed by atoms with van der Waals surface area (Å²) in [6, 6.07) is 5.70. The lowest BCUT2D eigenvalue weighted by Gasteiger charge is -2.12. The molecule has 0 fully saturated rings. The third kappa shape index (κ3) is 3.42. The van der Waals surface area contributed by atoms with Crippen LogP contribution in [-0.2, 0) is 19.0 Å². The number of ether oxygens (including phenoxy) is 2. The van der Waals surface area contributed by atoms with Crippen molar-refractivity contribution in [3.8, 4) is 11.5 Å². The molecule has 0 aliphatic rings. The van der Waals surface area contributed by atoms with Gasteiger partial charge in [0.25, 0.3) is 0 Å². The van der Waals surface area contributed by atoms with Gasteiger partial charge in [0.15, 0.2) is 17.3 Å². The van der Waals surface area contributed by atoms with Crippen molar-refractivity contribution in [2.75, 3.05) is 6.61 Å². The molecule has 0 aliphatic heterocycles. The Kier molecular flexibility index (Phi) is 5.24. The van der Waals surface area contributed by atoms with E-state index in [2.05, 4.69) is 10.1 Å². The van der Waals surface area contributed by atoms with Gasteiger partial charge in [-0.05, 0) is 31.5 Å². The fourth-order valence-corrected chi connectivity index (χ4v) is 2.00. The van der Waals surface area contributed by atoms with E-state index in [1.165, 1.54) is 6.33 Å². The van der Waals surface area contributed by atoms with Crippen molar-refractivity contribution in [3.05, 3.63) is 35.9 Å². The molecule has 2 aromatic rings. The molecule has 0 aliphatic carbocycles. The minimum Gasteiger partial charge on any atom is -0.490 e. The summed E-state index contributed by atoms with van der Waals surface area (Å²) in [6.45, 7) is 5.65. The minimum atomic E-state index is 0.355. The average Bonchev–Trinajstić information content (AvgIpc) is 2.93. The molecule has 108 valence electrons. The zero-order valence-corrected chi connectivity index (χ0v) is 12.4. The van der Waals surface area contributed by atoms with E-state index in [0.717, 1.165) is 17.9 Å². The fraction of sp³-hybridized carbons (Fsp3) is 0.429. The average molecular weight is 296 g/mol. The highest BCUT2D eigenvalue weighted by Crippen LogP contribution is 2.29. The Hall–Kier alpha value is -1.75. The zero-order valence-electron chi connectivity index (χ0n) is 11.7. The molecule has 0 atom stereocenters. The van der Waals surface area contributed by atoms with Crippen molar-refractivity contribution >= 4 is 11.6 Å². The van der Waals surface area contributed by atoms with E-state index in [9.17, 15) is 0 Å². The van der Waals surface area contributed by atoms with Crippen LogP contribution >= 0.6 is 11.6 Å². The summed E-state index contributed by atoms with van der Waals surface area (Å²) < 4.78 is 13.2. The molecule has 0 spiro atoms. The Balaban J connectivity index is 2.12. The van der Waals surface area contributed by atoms with Gasteiger partial charge < -0.3 is 9.47 Å². The number of alkyl halides is 1. The highest BCUT2D eigenvalue weighted by molar-refractivity contribution is 6.17. The van der Waals surface area contributed by atoms with Crippen LogP contribution in [0.3, 0.4) is 0 Å². The second-order valence-corrected chi connectivity index (χ2v) is 4.40. The highest BCUT2D eigenvalue weighted by Gasteiger charge is 2.09. The normalized spacial score (nSPS) is 10.6.